The van der Waals surface area contributed by atoms with Gasteiger partial charge in [0.25, 0.3) is 0 Å². The molecule has 188 valence electrons. The molecule has 0 aliphatic rings. The Morgan fingerprint density at radius 3 is 1.00 bits per heavy atom. The van der Waals surface area contributed by atoms with Gasteiger partial charge in [0.2, 0.25) is 16.6 Å². The van der Waals surface area contributed by atoms with Gasteiger partial charge < -0.3 is 8.85 Å². The van der Waals surface area contributed by atoms with Crippen molar-refractivity contribution in [2.24, 2.45) is 0 Å². The fourth-order valence-corrected chi connectivity index (χ4v) is 20.2. The molecule has 0 heterocycles. The van der Waals surface area contributed by atoms with Gasteiger partial charge in [0.05, 0.1) is 0 Å². The quantitative estimate of drug-likeness (QED) is 0.141. The van der Waals surface area contributed by atoms with Crippen molar-refractivity contribution in [1.82, 2.24) is 0 Å². The highest BCUT2D eigenvalue weighted by atomic mass is 32.2. The SMILES string of the molecule is CCCC[Si](CCCC)(OC)C(CCC)SC(CCC)[Si](CCCC)(CCCC)OC. The van der Waals surface area contributed by atoms with E-state index in [0.717, 1.165) is 9.75 Å². The standard InChI is InChI=1S/C26H58O2SSi2/c1-9-15-21-30(27-7,22-16-10-2)25(19-13-5)29-26(20-14-6)31(28-8,23-17-11-3)24-18-12-4/h25-26H,9-24H2,1-8H3. The zero-order chi connectivity index (χ0) is 23.6. The molecule has 0 aliphatic carbocycles. The van der Waals surface area contributed by atoms with Crippen molar-refractivity contribution in [3.05, 3.63) is 0 Å². The van der Waals surface area contributed by atoms with Crippen LogP contribution in [-0.4, -0.2) is 40.6 Å². The van der Waals surface area contributed by atoms with Gasteiger partial charge in [-0.2, -0.15) is 11.8 Å². The van der Waals surface area contributed by atoms with Crippen LogP contribution in [0.25, 0.3) is 0 Å². The van der Waals surface area contributed by atoms with Crippen molar-refractivity contribution in [1.29, 1.82) is 0 Å². The summed E-state index contributed by atoms with van der Waals surface area (Å²) in [5.74, 6) is 0. The summed E-state index contributed by atoms with van der Waals surface area (Å²) in [4.78, 5) is 1.45. The predicted octanol–water partition coefficient (Wildman–Crippen LogP) is 9.52. The van der Waals surface area contributed by atoms with E-state index in [1.165, 1.54) is 101 Å². The minimum absolute atomic E-state index is 0.724. The molecular weight excluding hydrogens is 433 g/mol. The van der Waals surface area contributed by atoms with Crippen LogP contribution in [0.2, 0.25) is 24.2 Å². The van der Waals surface area contributed by atoms with Gasteiger partial charge in [-0.05, 0) is 37.0 Å². The molecule has 0 amide bonds. The monoisotopic (exact) mass is 490 g/mol. The van der Waals surface area contributed by atoms with Gasteiger partial charge in [-0.15, -0.1) is 0 Å². The van der Waals surface area contributed by atoms with Crippen LogP contribution >= 0.6 is 11.8 Å². The van der Waals surface area contributed by atoms with Crippen molar-refractivity contribution in [2.75, 3.05) is 14.2 Å². The summed E-state index contributed by atoms with van der Waals surface area (Å²) < 4.78 is 13.3. The molecule has 5 heteroatoms. The summed E-state index contributed by atoms with van der Waals surface area (Å²) in [5.41, 5.74) is 0. The van der Waals surface area contributed by atoms with E-state index in [0.29, 0.717) is 0 Å². The molecule has 0 bridgehead atoms. The first-order valence-corrected chi connectivity index (χ1v) is 19.5. The van der Waals surface area contributed by atoms with E-state index in [-0.39, 0.29) is 0 Å². The van der Waals surface area contributed by atoms with Gasteiger partial charge in [0, 0.05) is 24.0 Å². The minimum atomic E-state index is -1.78. The normalized spacial score (nSPS) is 14.7. The first kappa shape index (κ1) is 31.7. The molecule has 0 rings (SSSR count). The highest BCUT2D eigenvalue weighted by Gasteiger charge is 2.47. The number of hydrogen-bond acceptors (Lipinski definition) is 3. The van der Waals surface area contributed by atoms with E-state index >= 15 is 0 Å². The van der Waals surface area contributed by atoms with Gasteiger partial charge in [0.15, 0.2) is 0 Å². The highest BCUT2D eigenvalue weighted by Crippen LogP contribution is 2.44. The average molecular weight is 491 g/mol. The molecule has 0 N–H and O–H groups in total. The lowest BCUT2D eigenvalue weighted by Gasteiger charge is -2.43. The second-order valence-electron chi connectivity index (χ2n) is 9.64. The maximum absolute atomic E-state index is 6.64. The first-order valence-electron chi connectivity index (χ1n) is 13.7. The predicted molar refractivity (Wildman–Crippen MR) is 149 cm³/mol. The van der Waals surface area contributed by atoms with Gasteiger partial charge in [0.1, 0.15) is 0 Å². The molecule has 0 aliphatic heterocycles. The van der Waals surface area contributed by atoms with E-state index in [2.05, 4.69) is 67.5 Å². The van der Waals surface area contributed by atoms with Crippen LogP contribution in [0.1, 0.15) is 119 Å². The largest absolute Gasteiger partial charge is 0.419 e. The molecule has 0 saturated heterocycles. The lowest BCUT2D eigenvalue weighted by Crippen LogP contribution is -2.53. The van der Waals surface area contributed by atoms with Crippen LogP contribution in [0.5, 0.6) is 0 Å². The number of rotatable bonds is 22. The molecule has 0 spiro atoms. The Morgan fingerprint density at radius 1 is 0.516 bits per heavy atom. The fourth-order valence-electron chi connectivity index (χ4n) is 5.10. The van der Waals surface area contributed by atoms with E-state index in [1.54, 1.807) is 0 Å². The molecular formula is C26H58O2SSi2. The van der Waals surface area contributed by atoms with Gasteiger partial charge >= 0.3 is 0 Å². The Morgan fingerprint density at radius 2 is 0.806 bits per heavy atom. The van der Waals surface area contributed by atoms with Crippen molar-refractivity contribution in [2.45, 2.75) is 153 Å². The van der Waals surface area contributed by atoms with E-state index < -0.39 is 16.6 Å². The van der Waals surface area contributed by atoms with E-state index in [4.69, 9.17) is 8.85 Å². The Bertz CT molecular complexity index is 357. The molecule has 0 radical (unpaired) electrons. The smallest absolute Gasteiger partial charge is 0.205 e. The summed E-state index contributed by atoms with van der Waals surface area (Å²) in [6.07, 6.45) is 15.7. The summed E-state index contributed by atoms with van der Waals surface area (Å²) in [6.45, 7) is 14.1. The molecule has 0 fully saturated rings. The molecule has 0 aromatic carbocycles. The van der Waals surface area contributed by atoms with Crippen molar-refractivity contribution >= 4 is 28.4 Å². The number of unbranched alkanes of at least 4 members (excludes halogenated alkanes) is 4. The molecule has 31 heavy (non-hydrogen) atoms. The number of thioether (sulfide) groups is 1. The third kappa shape index (κ3) is 10.7. The molecule has 2 atom stereocenters. The summed E-state index contributed by atoms with van der Waals surface area (Å²) >= 11 is 2.38. The van der Waals surface area contributed by atoms with Gasteiger partial charge in [-0.3, -0.25) is 0 Å². The van der Waals surface area contributed by atoms with Crippen LogP contribution in [0, 0.1) is 0 Å². The highest BCUT2D eigenvalue weighted by molar-refractivity contribution is 8.03. The zero-order valence-electron chi connectivity index (χ0n) is 22.7. The lowest BCUT2D eigenvalue weighted by molar-refractivity contribution is 0.377. The summed E-state index contributed by atoms with van der Waals surface area (Å²) in [5, 5.41) is 0. The van der Waals surface area contributed by atoms with Gasteiger partial charge in [-0.1, -0.05) is 106 Å². The molecule has 2 nitrogen and oxygen atoms in total. The van der Waals surface area contributed by atoms with Crippen LogP contribution in [0.15, 0.2) is 0 Å². The Hall–Kier alpha value is 0.704. The Labute approximate surface area is 203 Å². The Balaban J connectivity index is 6.05. The third-order valence-corrected chi connectivity index (χ3v) is 21.1. The first-order chi connectivity index (χ1) is 15.0. The van der Waals surface area contributed by atoms with Crippen LogP contribution in [0.4, 0.5) is 0 Å². The maximum atomic E-state index is 6.64. The van der Waals surface area contributed by atoms with Crippen LogP contribution in [0.3, 0.4) is 0 Å². The Kier molecular flexibility index (Phi) is 19.5. The topological polar surface area (TPSA) is 18.5 Å². The average Bonchev–Trinajstić information content (AvgIpc) is 2.79. The minimum Gasteiger partial charge on any atom is -0.419 e. The third-order valence-electron chi connectivity index (χ3n) is 7.23. The van der Waals surface area contributed by atoms with Crippen LogP contribution < -0.4 is 0 Å². The fraction of sp³-hybridized carbons (Fsp3) is 1.00. The van der Waals surface area contributed by atoms with E-state index in [9.17, 15) is 0 Å². The molecule has 0 saturated carbocycles. The van der Waals surface area contributed by atoms with Crippen molar-refractivity contribution < 1.29 is 8.85 Å². The maximum Gasteiger partial charge on any atom is 0.205 e. The lowest BCUT2D eigenvalue weighted by atomic mass is 10.4. The summed E-state index contributed by atoms with van der Waals surface area (Å²) in [6, 6.07) is 5.40. The van der Waals surface area contributed by atoms with Crippen molar-refractivity contribution in [3.8, 4) is 0 Å². The molecule has 2 unspecified atom stereocenters. The molecule has 0 aromatic heterocycles. The van der Waals surface area contributed by atoms with Gasteiger partial charge in [-0.25, -0.2) is 0 Å². The summed E-state index contributed by atoms with van der Waals surface area (Å²) in [7, 11) is 0.564. The second-order valence-corrected chi connectivity index (χ2v) is 20.4. The van der Waals surface area contributed by atoms with Crippen LogP contribution in [-0.2, 0) is 8.85 Å². The van der Waals surface area contributed by atoms with E-state index in [1.807, 2.05) is 0 Å². The molecule has 0 aromatic rings. The van der Waals surface area contributed by atoms with Crippen molar-refractivity contribution in [3.63, 3.8) is 0 Å². The zero-order valence-corrected chi connectivity index (χ0v) is 25.5. The second kappa shape index (κ2) is 19.1. The number of hydrogen-bond donors (Lipinski definition) is 0.